The molecule has 0 unspecified atom stereocenters. The van der Waals surface area contributed by atoms with E-state index in [1.807, 2.05) is 0 Å². The van der Waals surface area contributed by atoms with Crippen LogP contribution in [0.4, 0.5) is 0 Å². The summed E-state index contributed by atoms with van der Waals surface area (Å²) in [5.41, 5.74) is 0. The van der Waals surface area contributed by atoms with Crippen molar-refractivity contribution in [3.05, 3.63) is 0 Å². The second kappa shape index (κ2) is 25.6. The maximum Gasteiger partial charge on any atom is 1.00 e. The van der Waals surface area contributed by atoms with Crippen molar-refractivity contribution >= 4 is 0 Å². The van der Waals surface area contributed by atoms with Crippen LogP contribution in [-0.4, -0.2) is 0 Å². The summed E-state index contributed by atoms with van der Waals surface area (Å²) in [6, 6.07) is 0. The second-order valence-corrected chi connectivity index (χ2v) is 0. The molecule has 0 aromatic heterocycles. The fourth-order valence-corrected chi connectivity index (χ4v) is 0. The van der Waals surface area contributed by atoms with Crippen LogP contribution in [0.25, 0.3) is 0 Å². The van der Waals surface area contributed by atoms with E-state index in [-0.39, 0.29) is 115 Å². The topological polar surface area (TPSA) is 0 Å². The van der Waals surface area contributed by atoms with Crippen molar-refractivity contribution in [3.8, 4) is 0 Å². The molecule has 40 valence electrons. The van der Waals surface area contributed by atoms with Gasteiger partial charge in [0.25, 0.3) is 0 Å². The minimum Gasteiger partial charge on any atom is 0 e. The first-order valence-electron chi connectivity index (χ1n) is 0. The van der Waals surface area contributed by atoms with Gasteiger partial charge in [-0.25, -0.2) is 0 Å². The van der Waals surface area contributed by atoms with E-state index in [1.165, 1.54) is 0 Å². The van der Waals surface area contributed by atoms with Gasteiger partial charge in [-0.3, -0.25) is 0 Å². The molecule has 0 rings (SSSR count). The normalized spacial score (nSPS) is 0. The van der Waals surface area contributed by atoms with Crippen molar-refractivity contribution in [2.24, 2.45) is 0 Å². The average Bonchev–Trinajstić information content (AvgIpc) is 0. The predicted octanol–water partition coefficient (Wildman–Crippen LogP) is 0.102. The van der Waals surface area contributed by atoms with Crippen molar-refractivity contribution in [2.45, 2.75) is 0 Å². The smallest absolute Gasteiger partial charge is 0 e. The number of rotatable bonds is 0. The second-order valence-electron chi connectivity index (χ2n) is 0. The molecule has 0 saturated heterocycles. The Bertz CT molecular complexity index is 15.5. The molecule has 0 nitrogen and oxygen atoms in total. The van der Waals surface area contributed by atoms with E-state index in [4.69, 9.17) is 0 Å². The SMILES string of the molecule is [Ce].[Co].[Cu].[H+].[Ni].[W]. The van der Waals surface area contributed by atoms with Crippen LogP contribution in [0.15, 0.2) is 0 Å². The molecule has 5 heteroatoms. The van der Waals surface area contributed by atoms with E-state index in [2.05, 4.69) is 0 Å². The molecule has 0 aromatic carbocycles. The van der Waals surface area contributed by atoms with E-state index in [0.29, 0.717) is 0 Å². The summed E-state index contributed by atoms with van der Waals surface area (Å²) in [5, 5.41) is 0. The van der Waals surface area contributed by atoms with Gasteiger partial charge in [0.05, 0.1) is 0 Å². The molecule has 0 aromatic rings. The van der Waals surface area contributed by atoms with Crippen LogP contribution in [0.1, 0.15) is 1.43 Å². The van der Waals surface area contributed by atoms with Gasteiger partial charge in [0.15, 0.2) is 0 Å². The summed E-state index contributed by atoms with van der Waals surface area (Å²) in [5.74, 6) is 0. The third kappa shape index (κ3) is 18.4. The Morgan fingerprint density at radius 3 is 1.20 bits per heavy atom. The van der Waals surface area contributed by atoms with Gasteiger partial charge < -0.3 is 0 Å². The quantitative estimate of drug-likeness (QED) is 0.410. The molecule has 5 heavy (non-hydrogen) atoms. The maximum absolute atomic E-state index is 0. The molecule has 0 heterocycles. The fourth-order valence-electron chi connectivity index (χ4n) is 0. The van der Waals surface area contributed by atoms with Gasteiger partial charge in [-0.2, -0.15) is 0 Å². The molecule has 0 atom stereocenters. The summed E-state index contributed by atoms with van der Waals surface area (Å²) in [4.78, 5) is 0. The zero-order valence-electron chi connectivity index (χ0n) is 2.86. The number of hydrogen-bond donors (Lipinski definition) is 0. The van der Waals surface area contributed by atoms with Crippen LogP contribution >= 0.6 is 0 Å². The molecule has 0 aliphatic rings. The van der Waals surface area contributed by atoms with E-state index in [0.717, 1.165) is 0 Å². The van der Waals surface area contributed by atoms with Crippen LogP contribution in [0, 0.1) is 41.7 Å². The van der Waals surface area contributed by atoms with Gasteiger partial charge in [0.2, 0.25) is 0 Å². The third-order valence-corrected chi connectivity index (χ3v) is 0. The molecule has 0 amide bonds. The van der Waals surface area contributed by atoms with Crippen LogP contribution in [0.5, 0.6) is 0 Å². The fraction of sp³-hybridized carbons (Fsp3) is 0. The first-order chi connectivity index (χ1) is 0. The van der Waals surface area contributed by atoms with Crippen LogP contribution in [0.2, 0.25) is 0 Å². The Labute approximate surface area is 112 Å². The van der Waals surface area contributed by atoms with Gasteiger partial charge in [-0.15, -0.1) is 0 Å². The molecule has 0 bridgehead atoms. The summed E-state index contributed by atoms with van der Waals surface area (Å²) in [7, 11) is 0. The van der Waals surface area contributed by atoms with Crippen molar-refractivity contribution in [1.29, 1.82) is 0 Å². The van der Waals surface area contributed by atoms with Crippen molar-refractivity contribution in [3.63, 3.8) is 0 Å². The van der Waals surface area contributed by atoms with E-state index in [1.54, 1.807) is 0 Å². The Balaban J connectivity index is 0. The molecule has 0 fully saturated rings. The van der Waals surface area contributed by atoms with Gasteiger partial charge in [0, 0.05) is 113 Å². The van der Waals surface area contributed by atoms with Crippen LogP contribution < -0.4 is 0 Å². The third-order valence-electron chi connectivity index (χ3n) is 0. The number of hydrogen-bond acceptors (Lipinski definition) is 0. The average molecular weight is 506 g/mol. The van der Waals surface area contributed by atoms with Crippen molar-refractivity contribution in [1.82, 2.24) is 0 Å². The van der Waals surface area contributed by atoms with Gasteiger partial charge in [0.1, 0.15) is 0 Å². The summed E-state index contributed by atoms with van der Waals surface area (Å²) >= 11 is 0. The minimum atomic E-state index is 0. The first-order valence-corrected chi connectivity index (χ1v) is 0. The predicted molar refractivity (Wildman–Crippen MR) is 1.11 cm³/mol. The first kappa shape index (κ1) is 38.4. The Morgan fingerprint density at radius 1 is 1.20 bits per heavy atom. The Morgan fingerprint density at radius 2 is 1.20 bits per heavy atom. The van der Waals surface area contributed by atoms with Gasteiger partial charge >= 0.3 is 1.43 Å². The molecule has 0 aliphatic heterocycles. The molecular weight excluding hydrogens is 505 g/mol. The van der Waals surface area contributed by atoms with E-state index < -0.39 is 0 Å². The molecule has 2 radical (unpaired) electrons. The van der Waals surface area contributed by atoms with Gasteiger partial charge in [-0.1, -0.05) is 0 Å². The summed E-state index contributed by atoms with van der Waals surface area (Å²) < 4.78 is 0. The summed E-state index contributed by atoms with van der Waals surface area (Å²) in [6.07, 6.45) is 0. The van der Waals surface area contributed by atoms with Crippen molar-refractivity contribution < 1.29 is 115 Å². The molecule has 0 spiro atoms. The monoisotopic (exact) mass is 505 g/mol. The largest absolute Gasteiger partial charge is 1.00 e. The zero-order valence-corrected chi connectivity index (χ0v) is 10.9. The Kier molecular flexibility index (Phi) is 197. The summed E-state index contributed by atoms with van der Waals surface area (Å²) in [6.45, 7) is 0. The minimum absolute atomic E-state index is 0. The maximum atomic E-state index is 0. The van der Waals surface area contributed by atoms with Crippen LogP contribution in [-0.2, 0) is 71.4 Å². The molecular formula is HCeCoCuNiW+. The molecule has 0 N–H and O–H groups in total. The standard InChI is InChI=1S/Ce.Co.Cu.Ni.W/p+1. The zero-order chi connectivity index (χ0) is 0. The van der Waals surface area contributed by atoms with Gasteiger partial charge in [-0.05, 0) is 0 Å². The van der Waals surface area contributed by atoms with E-state index >= 15 is 0 Å². The Hall–Kier alpha value is 3.58. The van der Waals surface area contributed by atoms with Crippen molar-refractivity contribution in [2.75, 3.05) is 0 Å². The van der Waals surface area contributed by atoms with Crippen LogP contribution in [0.3, 0.4) is 0 Å². The molecule has 0 saturated carbocycles. The van der Waals surface area contributed by atoms with E-state index in [9.17, 15) is 0 Å². The molecule has 0 aliphatic carbocycles.